The maximum atomic E-state index is 12.8. The number of amides is 1. The van der Waals surface area contributed by atoms with Gasteiger partial charge in [-0.1, -0.05) is 54.1 Å². The van der Waals surface area contributed by atoms with Crippen LogP contribution in [0.1, 0.15) is 33.0 Å². The topological polar surface area (TPSA) is 51.3 Å². The third-order valence-electron chi connectivity index (χ3n) is 6.47. The normalized spacial score (nSPS) is 11.2. The van der Waals surface area contributed by atoms with Crippen LogP contribution < -0.4 is 5.43 Å². The van der Waals surface area contributed by atoms with Crippen molar-refractivity contribution in [1.82, 2.24) is 14.6 Å². The molecule has 5 nitrogen and oxygen atoms in total. The molecule has 5 aromatic rings. The first-order valence-corrected chi connectivity index (χ1v) is 12.4. The average Bonchev–Trinajstić information content (AvgIpc) is 3.43. The monoisotopic (exact) mass is 506 g/mol. The van der Waals surface area contributed by atoms with Crippen LogP contribution in [-0.4, -0.2) is 21.3 Å². The lowest BCUT2D eigenvalue weighted by atomic mass is 10.1. The molecule has 5 rings (SSSR count). The van der Waals surface area contributed by atoms with Crippen LogP contribution in [0.15, 0.2) is 102 Å². The highest BCUT2D eigenvalue weighted by Crippen LogP contribution is 2.27. The molecule has 0 saturated carbocycles. The summed E-state index contributed by atoms with van der Waals surface area (Å²) in [7, 11) is 0. The minimum Gasteiger partial charge on any atom is -0.316 e. The van der Waals surface area contributed by atoms with Gasteiger partial charge in [0.25, 0.3) is 5.91 Å². The maximum absolute atomic E-state index is 12.8. The standard InChI is InChI=1S/C31H27ClN4O/c1-21-13-18-29(24-9-5-4-6-10-24)36(21)27-16-14-25(15-17-27)31(37)34-33-20-26-19-22(2)35(23(26)3)30-12-8-7-11-28(30)32/h4-20H,1-3H3,(H,34,37)/b33-20+. The van der Waals surface area contributed by atoms with Crippen molar-refractivity contribution in [2.45, 2.75) is 20.8 Å². The Morgan fingerprint density at radius 2 is 1.51 bits per heavy atom. The van der Waals surface area contributed by atoms with Gasteiger partial charge in [0.05, 0.1) is 22.6 Å². The van der Waals surface area contributed by atoms with Gasteiger partial charge in [0.15, 0.2) is 0 Å². The fourth-order valence-electron chi connectivity index (χ4n) is 4.62. The molecule has 1 amide bonds. The van der Waals surface area contributed by atoms with Crippen LogP contribution in [0.25, 0.3) is 22.6 Å². The van der Waals surface area contributed by atoms with Gasteiger partial charge in [0, 0.05) is 33.9 Å². The summed E-state index contributed by atoms with van der Waals surface area (Å²) in [6.45, 7) is 6.10. The fourth-order valence-corrected chi connectivity index (χ4v) is 4.84. The van der Waals surface area contributed by atoms with Gasteiger partial charge in [-0.15, -0.1) is 0 Å². The van der Waals surface area contributed by atoms with Crippen LogP contribution in [0.4, 0.5) is 0 Å². The van der Waals surface area contributed by atoms with E-state index in [-0.39, 0.29) is 5.91 Å². The van der Waals surface area contributed by atoms with Crippen LogP contribution in [0.5, 0.6) is 0 Å². The molecule has 3 aromatic carbocycles. The average molecular weight is 507 g/mol. The molecule has 0 bridgehead atoms. The molecule has 6 heteroatoms. The molecule has 0 unspecified atom stereocenters. The van der Waals surface area contributed by atoms with E-state index in [1.807, 2.05) is 86.6 Å². The fraction of sp³-hybridized carbons (Fsp3) is 0.0968. The van der Waals surface area contributed by atoms with Crippen molar-refractivity contribution in [3.05, 3.63) is 130 Å². The van der Waals surface area contributed by atoms with Gasteiger partial charge in [0.1, 0.15) is 0 Å². The minimum atomic E-state index is -0.268. The Balaban J connectivity index is 1.32. The van der Waals surface area contributed by atoms with Crippen molar-refractivity contribution in [1.29, 1.82) is 0 Å². The number of rotatable bonds is 6. The Morgan fingerprint density at radius 1 is 0.811 bits per heavy atom. The van der Waals surface area contributed by atoms with E-state index in [0.29, 0.717) is 10.6 Å². The van der Waals surface area contributed by atoms with Crippen molar-refractivity contribution in [3.8, 4) is 22.6 Å². The molecule has 2 aromatic heterocycles. The van der Waals surface area contributed by atoms with Gasteiger partial charge < -0.3 is 9.13 Å². The molecular formula is C31H27ClN4O. The van der Waals surface area contributed by atoms with E-state index in [1.165, 1.54) is 0 Å². The number of carbonyl (C=O) groups excluding carboxylic acids is 1. The number of carbonyl (C=O) groups is 1. The number of halogens is 1. The van der Waals surface area contributed by atoms with Crippen LogP contribution in [-0.2, 0) is 0 Å². The molecule has 1 N–H and O–H groups in total. The van der Waals surface area contributed by atoms with Gasteiger partial charge in [0.2, 0.25) is 0 Å². The molecule has 0 fully saturated rings. The third-order valence-corrected chi connectivity index (χ3v) is 6.79. The number of hydrazone groups is 1. The Morgan fingerprint density at radius 3 is 2.24 bits per heavy atom. The van der Waals surface area contributed by atoms with Gasteiger partial charge in [-0.2, -0.15) is 5.10 Å². The number of hydrogen-bond donors (Lipinski definition) is 1. The number of aromatic nitrogens is 2. The van der Waals surface area contributed by atoms with Crippen molar-refractivity contribution in [3.63, 3.8) is 0 Å². The molecule has 0 spiro atoms. The molecule has 0 radical (unpaired) electrons. The summed E-state index contributed by atoms with van der Waals surface area (Å²) in [5, 5.41) is 4.89. The van der Waals surface area contributed by atoms with E-state index in [2.05, 4.69) is 50.9 Å². The second kappa shape index (κ2) is 10.3. The minimum absolute atomic E-state index is 0.268. The quantitative estimate of drug-likeness (QED) is 0.191. The molecule has 184 valence electrons. The highest BCUT2D eigenvalue weighted by Gasteiger charge is 2.13. The maximum Gasteiger partial charge on any atom is 0.271 e. The van der Waals surface area contributed by atoms with Crippen molar-refractivity contribution in [2.75, 3.05) is 0 Å². The molecule has 0 aliphatic heterocycles. The Labute approximate surface area is 221 Å². The number of aryl methyl sites for hydroxylation is 2. The second-order valence-corrected chi connectivity index (χ2v) is 9.33. The zero-order valence-electron chi connectivity index (χ0n) is 20.9. The van der Waals surface area contributed by atoms with Gasteiger partial charge in [-0.3, -0.25) is 4.79 Å². The number of benzene rings is 3. The lowest BCUT2D eigenvalue weighted by molar-refractivity contribution is 0.0955. The first-order valence-electron chi connectivity index (χ1n) is 12.1. The van der Waals surface area contributed by atoms with Crippen molar-refractivity contribution in [2.24, 2.45) is 5.10 Å². The Kier molecular flexibility index (Phi) is 6.80. The summed E-state index contributed by atoms with van der Waals surface area (Å²) < 4.78 is 4.26. The van der Waals surface area contributed by atoms with E-state index in [1.54, 1.807) is 6.21 Å². The number of para-hydroxylation sites is 1. The molecule has 0 saturated heterocycles. The molecule has 37 heavy (non-hydrogen) atoms. The molecule has 0 aliphatic carbocycles. The van der Waals surface area contributed by atoms with Gasteiger partial charge in [-0.05, 0) is 80.9 Å². The largest absolute Gasteiger partial charge is 0.316 e. The number of hydrogen-bond acceptors (Lipinski definition) is 2. The first kappa shape index (κ1) is 24.3. The van der Waals surface area contributed by atoms with Gasteiger partial charge >= 0.3 is 0 Å². The van der Waals surface area contributed by atoms with E-state index in [4.69, 9.17) is 11.6 Å². The zero-order valence-corrected chi connectivity index (χ0v) is 21.7. The lowest BCUT2D eigenvalue weighted by Crippen LogP contribution is -2.17. The Bertz CT molecular complexity index is 1590. The first-order chi connectivity index (χ1) is 17.9. The highest BCUT2D eigenvalue weighted by atomic mass is 35.5. The van der Waals surface area contributed by atoms with E-state index >= 15 is 0 Å². The lowest BCUT2D eigenvalue weighted by Gasteiger charge is -2.12. The summed E-state index contributed by atoms with van der Waals surface area (Å²) in [6.07, 6.45) is 1.66. The number of nitrogens with one attached hydrogen (secondary N) is 1. The zero-order chi connectivity index (χ0) is 25.9. The predicted octanol–water partition coefficient (Wildman–Crippen LogP) is 7.28. The molecule has 0 aliphatic rings. The Hall–Kier alpha value is -4.35. The predicted molar refractivity (Wildman–Crippen MR) is 151 cm³/mol. The van der Waals surface area contributed by atoms with E-state index < -0.39 is 0 Å². The second-order valence-electron chi connectivity index (χ2n) is 8.92. The van der Waals surface area contributed by atoms with E-state index in [9.17, 15) is 4.79 Å². The van der Waals surface area contributed by atoms with Crippen LogP contribution in [0, 0.1) is 20.8 Å². The van der Waals surface area contributed by atoms with Crippen LogP contribution >= 0.6 is 11.6 Å². The summed E-state index contributed by atoms with van der Waals surface area (Å²) >= 11 is 6.40. The molecule has 2 heterocycles. The molecular weight excluding hydrogens is 480 g/mol. The van der Waals surface area contributed by atoms with Crippen LogP contribution in [0.2, 0.25) is 5.02 Å². The summed E-state index contributed by atoms with van der Waals surface area (Å²) in [4.78, 5) is 12.8. The highest BCUT2D eigenvalue weighted by molar-refractivity contribution is 6.32. The van der Waals surface area contributed by atoms with Gasteiger partial charge in [-0.25, -0.2) is 5.43 Å². The summed E-state index contributed by atoms with van der Waals surface area (Å²) in [5.41, 5.74) is 11.4. The van der Waals surface area contributed by atoms with Crippen LogP contribution in [0.3, 0.4) is 0 Å². The van der Waals surface area contributed by atoms with Crippen molar-refractivity contribution < 1.29 is 4.79 Å². The smallest absolute Gasteiger partial charge is 0.271 e. The summed E-state index contributed by atoms with van der Waals surface area (Å²) in [6, 6.07) is 31.8. The van der Waals surface area contributed by atoms with Crippen molar-refractivity contribution >= 4 is 23.7 Å². The third kappa shape index (κ3) is 4.86. The van der Waals surface area contributed by atoms with E-state index in [0.717, 1.165) is 45.3 Å². The number of nitrogens with zero attached hydrogens (tertiary/aromatic N) is 3. The summed E-state index contributed by atoms with van der Waals surface area (Å²) in [5.74, 6) is -0.268. The SMILES string of the molecule is Cc1ccc(-c2ccccc2)n1-c1ccc(C(=O)N/N=C/c2cc(C)n(-c3ccccc3Cl)c2C)cc1. The molecule has 0 atom stereocenters.